The number of fused-ring (bicyclic) bond motifs is 2. The number of nitro benzene ring substituents is 5. The predicted octanol–water partition coefficient (Wildman–Crippen LogP) is 28.9. The van der Waals surface area contributed by atoms with Crippen molar-refractivity contribution in [1.82, 2.24) is 9.13 Å². The Morgan fingerprint density at radius 3 is 0.943 bits per heavy atom. The van der Waals surface area contributed by atoms with Crippen LogP contribution in [0.25, 0.3) is 21.8 Å². The van der Waals surface area contributed by atoms with Gasteiger partial charge in [-0.2, -0.15) is 0 Å². The Labute approximate surface area is 861 Å². The van der Waals surface area contributed by atoms with Gasteiger partial charge in [0.25, 0.3) is 28.4 Å². The molecule has 12 aromatic carbocycles. The number of hydrogen-bond acceptors (Lipinski definition) is 15. The Morgan fingerprint density at radius 2 is 0.652 bits per heavy atom. The third-order valence-corrected chi connectivity index (χ3v) is 25.5. The summed E-state index contributed by atoms with van der Waals surface area (Å²) >= 11 is 3.20. The van der Waals surface area contributed by atoms with E-state index in [4.69, 9.17) is 36.9 Å². The molecule has 0 aliphatic rings. The van der Waals surface area contributed by atoms with Crippen LogP contribution in [-0.4, -0.2) is 72.1 Å². The Balaban J connectivity index is 0.000000331. The van der Waals surface area contributed by atoms with E-state index < -0.39 is 52.6 Å². The van der Waals surface area contributed by atoms with Crippen molar-refractivity contribution in [3.8, 4) is 23.4 Å². The van der Waals surface area contributed by atoms with Crippen molar-refractivity contribution in [2.75, 3.05) is 21.7 Å². The molecule has 0 bridgehead atoms. The first-order valence-electron chi connectivity index (χ1n) is 45.0. The molecule has 141 heavy (non-hydrogen) atoms. The van der Waals surface area contributed by atoms with Gasteiger partial charge in [-0.3, -0.25) is 50.6 Å². The van der Waals surface area contributed by atoms with Gasteiger partial charge in [-0.25, -0.2) is 4.39 Å². The summed E-state index contributed by atoms with van der Waals surface area (Å²) in [6.07, 6.45) is 9.20. The summed E-state index contributed by atoms with van der Waals surface area (Å²) in [5.41, 5.74) is 23.7. The zero-order valence-electron chi connectivity index (χ0n) is 84.8. The fourth-order valence-electron chi connectivity index (χ4n) is 12.2. The molecule has 2 heterocycles. The van der Waals surface area contributed by atoms with Crippen LogP contribution in [-0.2, 0) is 27.0 Å². The summed E-state index contributed by atoms with van der Waals surface area (Å²) < 4.78 is 17.2. The number of halogens is 4. The van der Waals surface area contributed by atoms with Gasteiger partial charge in [-0.15, -0.1) is 17.5 Å². The van der Waals surface area contributed by atoms with Gasteiger partial charge in [0.05, 0.1) is 35.9 Å². The smallest absolute Gasteiger partial charge is 0.0134 e. The predicted molar refractivity (Wildman–Crippen MR) is 603 cm³/mol. The zero-order chi connectivity index (χ0) is 106. The molecule has 22 nitrogen and oxygen atoms in total. The first-order valence-corrected chi connectivity index (χ1v) is 59.5. The molecule has 0 atom stereocenters. The second-order valence-electron chi connectivity index (χ2n) is 40.1. The average molecular weight is 2180 g/mol. The zero-order valence-corrected chi connectivity index (χ0v) is 93.3. The summed E-state index contributed by atoms with van der Waals surface area (Å²) in [5, 5.41) is 72.8. The van der Waals surface area contributed by atoms with Gasteiger partial charge in [-0.1, -0.05) is 227 Å². The van der Waals surface area contributed by atoms with Crippen LogP contribution in [0.15, 0.2) is 332 Å². The van der Waals surface area contributed by atoms with Crippen molar-refractivity contribution < 1.29 is 44.9 Å². The third kappa shape index (κ3) is 47.9. The number of terminal acetylenes is 1. The van der Waals surface area contributed by atoms with E-state index in [1.165, 1.54) is 73.1 Å². The Hall–Kier alpha value is -12.1. The van der Waals surface area contributed by atoms with Crippen LogP contribution >= 0.6 is 50.8 Å². The monoisotopic (exact) mass is 2170 g/mol. The van der Waals surface area contributed by atoms with Gasteiger partial charge in [0, 0.05) is 150 Å². The summed E-state index contributed by atoms with van der Waals surface area (Å²) in [7, 11) is 6.11. The van der Waals surface area contributed by atoms with Crippen LogP contribution in [0, 0.1) is 79.8 Å². The molecular weight excluding hydrogens is 2040 g/mol. The quantitative estimate of drug-likeness (QED) is 0.0169. The number of nitrogens with zero attached hydrogens (tertiary/aromatic N) is 7. The minimum Gasteiger partial charge on any atom is -0.0622 e. The molecule has 14 aromatic rings. The van der Waals surface area contributed by atoms with Crippen LogP contribution in [0.4, 0.5) is 55.6 Å². The standard InChI is InChI=1S/2C18H15P.C15H22N2O2Si.C12H14N2O2.C12H16N2.C10H13BrN2O2.C10H14N2O2.C6H4FNO2.C5H10Si.C4H11N.2ClH.Pd/c2*1-4-10-16(11-5-1)19(17-12-6-2-7-13-17)18-14-8-3-9-15-18;1-15(2,3)16-14-8-7-13(17(18)19)11-12(14)9-10-20(4,5)6;1-12(2,3)13-7-6-9-8-10(14(15)16)4-5-11(9)13;1-12(2,3)14-7-6-9-8-10(13)4-5-11(9)14;1-10(2,3)12-9-5-4-7(13(14)15)6-8(9)11;1-10(2,3)11-8-4-6-9(7-5-8)12(13)14;7-5-1-3-6(4-2-5)8(9)10;1-5-6(2,3)4;1-4(2,3)5;;;/h2*1-15H;7-8,11,16H,1-6H3;4-8H,1-3H3;4-8H,13H2,1-3H3;4-6,12H,1-3H3;4-7,11H,1-3H3;1-4H;1H,2-4H3;5H2,1-3H3;2*1H;/q;;;;;;;;;;;;+2/p-2. The molecule has 0 saturated carbocycles. The van der Waals surface area contributed by atoms with Gasteiger partial charge >= 0.3 is 35.0 Å². The Bertz CT molecular complexity index is 6050. The molecule has 0 radical (unpaired) electrons. The van der Waals surface area contributed by atoms with Crippen LogP contribution in [0.1, 0.15) is 130 Å². The molecular formula is C110H134BrCl2FN12O10P2PdSi2. The molecule has 750 valence electrons. The number of anilines is 4. The van der Waals surface area contributed by atoms with E-state index in [1.54, 1.807) is 48.5 Å². The molecule has 0 unspecified atom stereocenters. The Morgan fingerprint density at radius 1 is 0.383 bits per heavy atom. The fraction of sp³-hybridized carbons (Fsp3) is 0.273. The number of benzene rings is 12. The van der Waals surface area contributed by atoms with Gasteiger partial charge in [0.15, 0.2) is 0 Å². The minimum absolute atomic E-state index is 0. The number of non-ortho nitro benzene ring substituents is 5. The van der Waals surface area contributed by atoms with Crippen LogP contribution in [0.3, 0.4) is 0 Å². The topological polar surface area (TPSA) is 314 Å². The summed E-state index contributed by atoms with van der Waals surface area (Å²) in [5.74, 6) is 2.65. The number of nitrogen functional groups attached to an aromatic ring is 1. The maximum atomic E-state index is 12.1. The van der Waals surface area contributed by atoms with Gasteiger partial charge in [-0.05, 0) is 261 Å². The minimum atomic E-state index is -1.52. The molecule has 0 aliphatic carbocycles. The molecule has 2 aromatic heterocycles. The van der Waals surface area contributed by atoms with Crippen molar-refractivity contribution in [2.24, 2.45) is 5.73 Å². The van der Waals surface area contributed by atoms with Gasteiger partial charge in [0.1, 0.15) is 22.0 Å². The summed E-state index contributed by atoms with van der Waals surface area (Å²) in [6, 6.07) is 99.9. The van der Waals surface area contributed by atoms with E-state index in [0.29, 0.717) is 10.0 Å². The molecule has 0 saturated heterocycles. The fourth-order valence-corrected chi connectivity index (χ4v) is 17.8. The molecule has 7 N–H and O–H groups in total. The Kier molecular flexibility index (Phi) is 49.1. The summed E-state index contributed by atoms with van der Waals surface area (Å²) in [4.78, 5) is 50.3. The number of aromatic nitrogens is 2. The molecule has 0 fully saturated rings. The maximum absolute atomic E-state index is 12.1. The van der Waals surface area contributed by atoms with Gasteiger partial charge < -0.3 is 36.6 Å². The molecule has 0 aliphatic heterocycles. The number of nitrogens with one attached hydrogen (secondary N) is 3. The third-order valence-electron chi connectivity index (χ3n) is 18.2. The van der Waals surface area contributed by atoms with E-state index in [-0.39, 0.29) is 87.5 Å². The van der Waals surface area contributed by atoms with E-state index in [9.17, 15) is 55.0 Å². The second kappa shape index (κ2) is 57.1. The largest absolute Gasteiger partial charge is 0.0622 e. The van der Waals surface area contributed by atoms with Crippen LogP contribution < -0.4 is 59.2 Å². The van der Waals surface area contributed by atoms with E-state index >= 15 is 0 Å². The van der Waals surface area contributed by atoms with Crippen molar-refractivity contribution in [3.05, 3.63) is 394 Å². The first-order chi connectivity index (χ1) is 65.6. The van der Waals surface area contributed by atoms with Crippen LogP contribution in [0.5, 0.6) is 0 Å². The molecule has 0 spiro atoms. The first kappa shape index (κ1) is 121. The SMILES string of the molecule is C#C[Si](C)(C)C.CC(C)(C)N.CC(C)(C)Nc1ccc([N+](=O)[O-])cc1.CC(C)(C)Nc1ccc([N+](=O)[O-])cc1Br.CC(C)(C)Nc1ccc([N+](=O)[O-])cc1C#C[Si](C)(C)C.CC(C)(C)n1ccc2cc(N)ccc21.CC(C)(C)n1ccc2cc([N+](=O)[O-])ccc21.O=[N+]([O-])c1ccc(F)cc1.[Cl][Pd][Cl].c1ccc(P(c2ccccc2)c2ccccc2)cc1.c1ccc(P(c2ccccc2)c2ccccc2)cc1. The van der Waals surface area contributed by atoms with E-state index in [0.717, 1.165) is 57.9 Å². The molecule has 0 amide bonds. The summed E-state index contributed by atoms with van der Waals surface area (Å²) in [6.45, 7) is 50.0. The van der Waals surface area contributed by atoms with Gasteiger partial charge in [0.2, 0.25) is 0 Å². The van der Waals surface area contributed by atoms with E-state index in [1.807, 2.05) is 107 Å². The number of nitrogens with two attached hydrogens (primary N) is 2. The van der Waals surface area contributed by atoms with Crippen molar-refractivity contribution >= 4 is 172 Å². The maximum Gasteiger partial charge on any atom is -0.0134 e. The van der Waals surface area contributed by atoms with Crippen LogP contribution in [0.2, 0.25) is 39.3 Å². The second-order valence-corrected chi connectivity index (χ2v) is 57.3. The normalized spacial score (nSPS) is 11.0. The number of hydrogen-bond donors (Lipinski definition) is 5. The molecule has 14 rings (SSSR count). The molecule has 31 heteroatoms. The van der Waals surface area contributed by atoms with Crippen molar-refractivity contribution in [2.45, 2.75) is 197 Å². The van der Waals surface area contributed by atoms with Crippen molar-refractivity contribution in [3.63, 3.8) is 0 Å². The average Bonchev–Trinajstić information content (AvgIpc) is 1.68. The number of rotatable bonds is 14. The van der Waals surface area contributed by atoms with E-state index in [2.05, 4.69) is 339 Å². The van der Waals surface area contributed by atoms with Crippen molar-refractivity contribution in [1.29, 1.82) is 0 Å². The number of nitro groups is 5.